The maximum Gasteiger partial charge on any atom is 0.274 e. The van der Waals surface area contributed by atoms with Crippen molar-refractivity contribution in [3.63, 3.8) is 0 Å². The fourth-order valence-electron chi connectivity index (χ4n) is 4.70. The van der Waals surface area contributed by atoms with Gasteiger partial charge in [0.15, 0.2) is 5.69 Å². The zero-order chi connectivity index (χ0) is 21.4. The van der Waals surface area contributed by atoms with Gasteiger partial charge < -0.3 is 19.1 Å². The predicted octanol–water partition coefficient (Wildman–Crippen LogP) is 2.38. The van der Waals surface area contributed by atoms with Crippen molar-refractivity contribution in [3.05, 3.63) is 60.3 Å². The number of imidazole rings is 1. The number of amides is 2. The molecule has 0 aliphatic carbocycles. The van der Waals surface area contributed by atoms with Gasteiger partial charge in [-0.25, -0.2) is 9.97 Å². The summed E-state index contributed by atoms with van der Waals surface area (Å²) in [5, 5.41) is 0. The van der Waals surface area contributed by atoms with E-state index in [-0.39, 0.29) is 17.9 Å². The molecule has 1 atom stereocenters. The molecule has 8 heteroatoms. The summed E-state index contributed by atoms with van der Waals surface area (Å²) in [6.07, 6.45) is 5.54. The van der Waals surface area contributed by atoms with E-state index in [1.165, 1.54) is 0 Å². The van der Waals surface area contributed by atoms with Crippen LogP contribution in [0.15, 0.2) is 48.8 Å². The van der Waals surface area contributed by atoms with Gasteiger partial charge in [-0.1, -0.05) is 12.1 Å². The molecular formula is C23H26N6O2. The Balaban J connectivity index is 1.40. The van der Waals surface area contributed by atoms with Crippen LogP contribution in [0.2, 0.25) is 0 Å². The molecule has 8 nitrogen and oxygen atoms in total. The maximum atomic E-state index is 13.4. The SMILES string of the molecule is CC(=O)N1CCC[C@H]1c1nc(C(=O)N2CCN(c3ccccn3)CC2)c2ccccn12. The lowest BCUT2D eigenvalue weighted by Crippen LogP contribution is -2.49. The van der Waals surface area contributed by atoms with E-state index in [4.69, 9.17) is 4.98 Å². The Bertz CT molecular complexity index is 1100. The number of nitrogens with zero attached hydrogens (tertiary/aromatic N) is 6. The van der Waals surface area contributed by atoms with Crippen LogP contribution in [-0.4, -0.2) is 68.7 Å². The largest absolute Gasteiger partial charge is 0.353 e. The second kappa shape index (κ2) is 8.02. The number of carbonyl (C=O) groups excluding carboxylic acids is 2. The first-order chi connectivity index (χ1) is 15.1. The van der Waals surface area contributed by atoms with Crippen LogP contribution in [0.5, 0.6) is 0 Å². The first-order valence-corrected chi connectivity index (χ1v) is 10.8. The molecule has 0 radical (unpaired) electrons. The standard InChI is InChI=1S/C23H26N6O2/c1-17(30)28-12-6-8-19(28)22-25-21(18-7-3-5-11-29(18)22)23(31)27-15-13-26(14-16-27)20-9-2-4-10-24-20/h2-5,7,9-11,19H,6,8,12-16H2,1H3/t19-/m0/s1. The fourth-order valence-corrected chi connectivity index (χ4v) is 4.70. The second-order valence-electron chi connectivity index (χ2n) is 8.11. The molecule has 2 fully saturated rings. The smallest absolute Gasteiger partial charge is 0.274 e. The van der Waals surface area contributed by atoms with Crippen molar-refractivity contribution >= 4 is 23.1 Å². The van der Waals surface area contributed by atoms with Gasteiger partial charge in [0.1, 0.15) is 11.6 Å². The Hall–Kier alpha value is -3.42. The highest BCUT2D eigenvalue weighted by Crippen LogP contribution is 2.33. The van der Waals surface area contributed by atoms with Gasteiger partial charge in [-0.15, -0.1) is 0 Å². The van der Waals surface area contributed by atoms with Gasteiger partial charge in [0.05, 0.1) is 11.6 Å². The van der Waals surface area contributed by atoms with Crippen molar-refractivity contribution in [1.82, 2.24) is 24.2 Å². The van der Waals surface area contributed by atoms with E-state index in [1.54, 1.807) is 13.1 Å². The zero-order valence-corrected chi connectivity index (χ0v) is 17.6. The molecule has 2 amide bonds. The lowest BCUT2D eigenvalue weighted by molar-refractivity contribution is -0.129. The summed E-state index contributed by atoms with van der Waals surface area (Å²) in [5.41, 5.74) is 1.27. The van der Waals surface area contributed by atoms with Crippen molar-refractivity contribution in [3.8, 4) is 0 Å². The van der Waals surface area contributed by atoms with Gasteiger partial charge >= 0.3 is 0 Å². The normalized spacial score (nSPS) is 19.3. The van der Waals surface area contributed by atoms with Crippen LogP contribution in [-0.2, 0) is 4.79 Å². The predicted molar refractivity (Wildman–Crippen MR) is 117 cm³/mol. The minimum Gasteiger partial charge on any atom is -0.353 e. The van der Waals surface area contributed by atoms with Crippen LogP contribution >= 0.6 is 0 Å². The summed E-state index contributed by atoms with van der Waals surface area (Å²) in [6.45, 7) is 5.06. The van der Waals surface area contributed by atoms with Gasteiger partial charge in [0.25, 0.3) is 5.91 Å². The van der Waals surface area contributed by atoms with Gasteiger partial charge in [0, 0.05) is 52.0 Å². The van der Waals surface area contributed by atoms with E-state index in [1.807, 2.05) is 56.8 Å². The van der Waals surface area contributed by atoms with Crippen LogP contribution in [0.4, 0.5) is 5.82 Å². The highest BCUT2D eigenvalue weighted by Gasteiger charge is 2.34. The highest BCUT2D eigenvalue weighted by atomic mass is 16.2. The van der Waals surface area contributed by atoms with Gasteiger partial charge in [-0.05, 0) is 37.1 Å². The van der Waals surface area contributed by atoms with Crippen molar-refractivity contribution < 1.29 is 9.59 Å². The van der Waals surface area contributed by atoms with Gasteiger partial charge in [0.2, 0.25) is 5.91 Å². The van der Waals surface area contributed by atoms with E-state index in [2.05, 4.69) is 9.88 Å². The molecule has 31 heavy (non-hydrogen) atoms. The fraction of sp³-hybridized carbons (Fsp3) is 0.391. The van der Waals surface area contributed by atoms with Crippen molar-refractivity contribution in [2.75, 3.05) is 37.6 Å². The van der Waals surface area contributed by atoms with Crippen LogP contribution in [0.25, 0.3) is 5.52 Å². The Labute approximate surface area is 181 Å². The Morgan fingerprint density at radius 1 is 1.00 bits per heavy atom. The summed E-state index contributed by atoms with van der Waals surface area (Å²) >= 11 is 0. The summed E-state index contributed by atoms with van der Waals surface area (Å²) in [4.78, 5) is 40.7. The van der Waals surface area contributed by atoms with Crippen LogP contribution < -0.4 is 4.90 Å². The molecule has 5 heterocycles. The number of rotatable bonds is 3. The minimum absolute atomic E-state index is 0.0497. The number of likely N-dealkylation sites (tertiary alicyclic amines) is 1. The molecule has 0 unspecified atom stereocenters. The van der Waals surface area contributed by atoms with Gasteiger partial charge in [-0.2, -0.15) is 0 Å². The third kappa shape index (κ3) is 3.52. The molecule has 0 saturated carbocycles. The molecule has 0 N–H and O–H groups in total. The second-order valence-corrected chi connectivity index (χ2v) is 8.11. The summed E-state index contributed by atoms with van der Waals surface area (Å²) < 4.78 is 1.98. The van der Waals surface area contributed by atoms with Crippen LogP contribution in [0.1, 0.15) is 42.1 Å². The lowest BCUT2D eigenvalue weighted by atomic mass is 10.2. The Kier molecular flexibility index (Phi) is 5.05. The molecule has 2 aliphatic heterocycles. The Morgan fingerprint density at radius 2 is 1.81 bits per heavy atom. The molecule has 2 saturated heterocycles. The molecule has 5 rings (SSSR count). The van der Waals surface area contributed by atoms with E-state index >= 15 is 0 Å². The average Bonchev–Trinajstić information content (AvgIpc) is 3.44. The number of anilines is 1. The average molecular weight is 419 g/mol. The number of pyridine rings is 2. The highest BCUT2D eigenvalue weighted by molar-refractivity contribution is 5.99. The molecule has 0 spiro atoms. The summed E-state index contributed by atoms with van der Waals surface area (Å²) in [6, 6.07) is 11.6. The topological polar surface area (TPSA) is 74.1 Å². The lowest BCUT2D eigenvalue weighted by Gasteiger charge is -2.35. The van der Waals surface area contributed by atoms with Crippen molar-refractivity contribution in [2.45, 2.75) is 25.8 Å². The number of hydrogen-bond donors (Lipinski definition) is 0. The molecule has 0 aromatic carbocycles. The van der Waals surface area contributed by atoms with Crippen LogP contribution in [0.3, 0.4) is 0 Å². The first kappa shape index (κ1) is 19.5. The molecule has 2 aliphatic rings. The van der Waals surface area contributed by atoms with E-state index in [9.17, 15) is 9.59 Å². The molecular weight excluding hydrogens is 392 g/mol. The molecule has 3 aromatic heterocycles. The number of fused-ring (bicyclic) bond motifs is 1. The quantitative estimate of drug-likeness (QED) is 0.653. The van der Waals surface area contributed by atoms with Crippen molar-refractivity contribution in [1.29, 1.82) is 0 Å². The number of carbonyl (C=O) groups is 2. The number of hydrogen-bond acceptors (Lipinski definition) is 5. The summed E-state index contributed by atoms with van der Waals surface area (Å²) in [7, 11) is 0. The monoisotopic (exact) mass is 418 g/mol. The third-order valence-corrected chi connectivity index (χ3v) is 6.27. The molecule has 3 aromatic rings. The van der Waals surface area contributed by atoms with E-state index < -0.39 is 0 Å². The van der Waals surface area contributed by atoms with Crippen LogP contribution in [0, 0.1) is 0 Å². The number of piperazine rings is 1. The first-order valence-electron chi connectivity index (χ1n) is 10.8. The molecule has 160 valence electrons. The maximum absolute atomic E-state index is 13.4. The zero-order valence-electron chi connectivity index (χ0n) is 17.6. The minimum atomic E-state index is -0.0880. The number of aromatic nitrogens is 3. The third-order valence-electron chi connectivity index (χ3n) is 6.27. The van der Waals surface area contributed by atoms with E-state index in [0.29, 0.717) is 18.8 Å². The van der Waals surface area contributed by atoms with Gasteiger partial charge in [-0.3, -0.25) is 9.59 Å². The molecule has 0 bridgehead atoms. The summed E-state index contributed by atoms with van der Waals surface area (Å²) in [5.74, 6) is 1.71. The van der Waals surface area contributed by atoms with E-state index in [0.717, 1.165) is 49.6 Å². The van der Waals surface area contributed by atoms with Crippen molar-refractivity contribution in [2.24, 2.45) is 0 Å². The Morgan fingerprint density at radius 3 is 2.55 bits per heavy atom.